The van der Waals surface area contributed by atoms with Crippen molar-refractivity contribution in [1.29, 1.82) is 0 Å². The third-order valence-electron chi connectivity index (χ3n) is 1.40. The highest BCUT2D eigenvalue weighted by atomic mass is 16.1. The highest BCUT2D eigenvalue weighted by Gasteiger charge is 1.95. The third kappa shape index (κ3) is 1.88. The van der Waals surface area contributed by atoms with E-state index in [0.717, 1.165) is 12.1 Å². The zero-order valence-corrected chi connectivity index (χ0v) is 6.42. The molecule has 0 saturated carbocycles. The van der Waals surface area contributed by atoms with E-state index in [4.69, 9.17) is 5.73 Å². The van der Waals surface area contributed by atoms with Gasteiger partial charge in [0.25, 0.3) is 5.56 Å². The van der Waals surface area contributed by atoms with Gasteiger partial charge in [0.05, 0.1) is 6.54 Å². The first-order valence-corrected chi connectivity index (χ1v) is 3.55. The summed E-state index contributed by atoms with van der Waals surface area (Å²) < 4.78 is 0. The van der Waals surface area contributed by atoms with Crippen LogP contribution in [-0.4, -0.2) is 9.97 Å². The van der Waals surface area contributed by atoms with E-state index in [1.54, 1.807) is 0 Å². The average molecular weight is 153 g/mol. The van der Waals surface area contributed by atoms with Crippen LogP contribution >= 0.6 is 0 Å². The van der Waals surface area contributed by atoms with E-state index in [1.807, 2.05) is 6.92 Å². The summed E-state index contributed by atoms with van der Waals surface area (Å²) >= 11 is 0. The average Bonchev–Trinajstić information content (AvgIpc) is 2.03. The number of aromatic nitrogens is 2. The van der Waals surface area contributed by atoms with Gasteiger partial charge in [0.15, 0.2) is 0 Å². The second-order valence-electron chi connectivity index (χ2n) is 2.24. The summed E-state index contributed by atoms with van der Waals surface area (Å²) in [7, 11) is 0. The van der Waals surface area contributed by atoms with Crippen LogP contribution in [0.4, 0.5) is 0 Å². The molecule has 60 valence electrons. The topological polar surface area (TPSA) is 71.8 Å². The van der Waals surface area contributed by atoms with Gasteiger partial charge in [-0.3, -0.25) is 4.79 Å². The molecule has 0 amide bonds. The fourth-order valence-electron chi connectivity index (χ4n) is 0.841. The number of nitrogens with two attached hydrogens (primary N) is 1. The fourth-order valence-corrected chi connectivity index (χ4v) is 0.841. The van der Waals surface area contributed by atoms with Crippen molar-refractivity contribution in [3.8, 4) is 0 Å². The van der Waals surface area contributed by atoms with Crippen LogP contribution in [0.1, 0.15) is 18.4 Å². The molecular weight excluding hydrogens is 142 g/mol. The number of hydrogen-bond donors (Lipinski definition) is 2. The van der Waals surface area contributed by atoms with E-state index in [0.29, 0.717) is 5.82 Å². The lowest BCUT2D eigenvalue weighted by molar-refractivity contribution is 0.853. The standard InChI is InChI=1S/C7H11N3O/c1-2-5-3-7(11)10-6(4-8)9-5/h3H,2,4,8H2,1H3,(H,9,10,11). The molecule has 0 spiro atoms. The molecule has 0 aliphatic carbocycles. The van der Waals surface area contributed by atoms with Gasteiger partial charge in [-0.15, -0.1) is 0 Å². The first-order chi connectivity index (χ1) is 5.26. The molecule has 0 atom stereocenters. The van der Waals surface area contributed by atoms with Crippen molar-refractivity contribution in [2.45, 2.75) is 19.9 Å². The Hall–Kier alpha value is -1.16. The maximum Gasteiger partial charge on any atom is 0.251 e. The summed E-state index contributed by atoms with van der Waals surface area (Å²) in [6, 6.07) is 1.49. The molecule has 0 bridgehead atoms. The molecule has 11 heavy (non-hydrogen) atoms. The predicted octanol–water partition coefficient (Wildman–Crippen LogP) is -0.209. The van der Waals surface area contributed by atoms with Crippen molar-refractivity contribution < 1.29 is 0 Å². The Balaban J connectivity index is 3.12. The maximum atomic E-state index is 10.9. The van der Waals surface area contributed by atoms with Crippen LogP contribution in [0, 0.1) is 0 Å². The van der Waals surface area contributed by atoms with Gasteiger partial charge in [-0.1, -0.05) is 6.92 Å². The van der Waals surface area contributed by atoms with Crippen molar-refractivity contribution in [3.05, 3.63) is 27.9 Å². The molecule has 4 heteroatoms. The van der Waals surface area contributed by atoms with Gasteiger partial charge < -0.3 is 10.7 Å². The summed E-state index contributed by atoms with van der Waals surface area (Å²) in [5.74, 6) is 0.550. The molecule has 1 aromatic rings. The van der Waals surface area contributed by atoms with E-state index in [-0.39, 0.29) is 12.1 Å². The van der Waals surface area contributed by atoms with Crippen molar-refractivity contribution in [1.82, 2.24) is 9.97 Å². The Labute approximate surface area is 64.5 Å². The molecule has 0 fully saturated rings. The van der Waals surface area contributed by atoms with Gasteiger partial charge in [0.2, 0.25) is 0 Å². The zero-order chi connectivity index (χ0) is 8.27. The van der Waals surface area contributed by atoms with E-state index in [1.165, 1.54) is 6.07 Å². The van der Waals surface area contributed by atoms with Gasteiger partial charge in [-0.25, -0.2) is 4.98 Å². The van der Waals surface area contributed by atoms with Crippen LogP contribution in [0.15, 0.2) is 10.9 Å². The number of aromatic amines is 1. The lowest BCUT2D eigenvalue weighted by Crippen LogP contribution is -2.14. The van der Waals surface area contributed by atoms with Gasteiger partial charge in [0, 0.05) is 11.8 Å². The summed E-state index contributed by atoms with van der Waals surface area (Å²) in [4.78, 5) is 17.5. The van der Waals surface area contributed by atoms with Crippen molar-refractivity contribution in [2.24, 2.45) is 5.73 Å². The molecular formula is C7H11N3O. The van der Waals surface area contributed by atoms with Crippen LogP contribution in [0.3, 0.4) is 0 Å². The smallest absolute Gasteiger partial charge is 0.251 e. The number of nitrogens with zero attached hydrogens (tertiary/aromatic N) is 1. The molecule has 0 saturated heterocycles. The van der Waals surface area contributed by atoms with E-state index >= 15 is 0 Å². The number of nitrogens with one attached hydrogen (secondary N) is 1. The van der Waals surface area contributed by atoms with Crippen molar-refractivity contribution >= 4 is 0 Å². The summed E-state index contributed by atoms with van der Waals surface area (Å²) in [5.41, 5.74) is 5.97. The Morgan fingerprint density at radius 2 is 2.45 bits per heavy atom. The molecule has 0 aliphatic rings. The minimum atomic E-state index is -0.127. The SMILES string of the molecule is CCc1cc(=O)[nH]c(CN)n1. The van der Waals surface area contributed by atoms with Crippen molar-refractivity contribution in [2.75, 3.05) is 0 Å². The van der Waals surface area contributed by atoms with Gasteiger partial charge >= 0.3 is 0 Å². The van der Waals surface area contributed by atoms with Crippen molar-refractivity contribution in [3.63, 3.8) is 0 Å². The Morgan fingerprint density at radius 1 is 1.73 bits per heavy atom. The molecule has 1 heterocycles. The fraction of sp³-hybridized carbons (Fsp3) is 0.429. The monoisotopic (exact) mass is 153 g/mol. The molecule has 0 unspecified atom stereocenters. The van der Waals surface area contributed by atoms with Crippen LogP contribution < -0.4 is 11.3 Å². The molecule has 4 nitrogen and oxygen atoms in total. The molecule has 1 aromatic heterocycles. The van der Waals surface area contributed by atoms with E-state index in [2.05, 4.69) is 9.97 Å². The minimum absolute atomic E-state index is 0.127. The summed E-state index contributed by atoms with van der Waals surface area (Å²) in [6.45, 7) is 2.23. The number of rotatable bonds is 2. The first-order valence-electron chi connectivity index (χ1n) is 3.55. The predicted molar refractivity (Wildman–Crippen MR) is 42.1 cm³/mol. The Kier molecular flexibility index (Phi) is 2.38. The molecule has 3 N–H and O–H groups in total. The maximum absolute atomic E-state index is 10.9. The number of H-pyrrole nitrogens is 1. The zero-order valence-electron chi connectivity index (χ0n) is 6.42. The Bertz CT molecular complexity index is 267. The largest absolute Gasteiger partial charge is 0.324 e. The van der Waals surface area contributed by atoms with E-state index in [9.17, 15) is 4.79 Å². The Morgan fingerprint density at radius 3 is 3.00 bits per heavy atom. The third-order valence-corrected chi connectivity index (χ3v) is 1.40. The van der Waals surface area contributed by atoms with Crippen LogP contribution in [0.25, 0.3) is 0 Å². The van der Waals surface area contributed by atoms with Crippen LogP contribution in [0.2, 0.25) is 0 Å². The summed E-state index contributed by atoms with van der Waals surface area (Å²) in [6.07, 6.45) is 0.761. The first kappa shape index (κ1) is 7.94. The lowest BCUT2D eigenvalue weighted by atomic mass is 10.3. The molecule has 0 aromatic carbocycles. The summed E-state index contributed by atoms with van der Waals surface area (Å²) in [5, 5.41) is 0. The quantitative estimate of drug-likeness (QED) is 0.617. The van der Waals surface area contributed by atoms with Gasteiger partial charge in [-0.2, -0.15) is 0 Å². The second-order valence-corrected chi connectivity index (χ2v) is 2.24. The van der Waals surface area contributed by atoms with Gasteiger partial charge in [0.1, 0.15) is 5.82 Å². The lowest BCUT2D eigenvalue weighted by Gasteiger charge is -1.97. The number of aryl methyl sites for hydroxylation is 1. The van der Waals surface area contributed by atoms with E-state index < -0.39 is 0 Å². The number of hydrogen-bond acceptors (Lipinski definition) is 3. The van der Waals surface area contributed by atoms with Crippen LogP contribution in [0.5, 0.6) is 0 Å². The van der Waals surface area contributed by atoms with Gasteiger partial charge in [-0.05, 0) is 6.42 Å². The molecule has 0 aliphatic heterocycles. The highest BCUT2D eigenvalue weighted by molar-refractivity contribution is 5.01. The second kappa shape index (κ2) is 3.30. The van der Waals surface area contributed by atoms with Crippen LogP contribution in [-0.2, 0) is 13.0 Å². The highest BCUT2D eigenvalue weighted by Crippen LogP contribution is 1.91. The molecule has 1 rings (SSSR count). The normalized spacial score (nSPS) is 10.0. The minimum Gasteiger partial charge on any atom is -0.324 e. The molecule has 0 radical (unpaired) electrons.